The van der Waals surface area contributed by atoms with Crippen molar-refractivity contribution < 1.29 is 9.53 Å². The number of nitrogens with one attached hydrogen (secondary N) is 1. The van der Waals surface area contributed by atoms with Crippen LogP contribution in [0.25, 0.3) is 0 Å². The van der Waals surface area contributed by atoms with E-state index in [9.17, 15) is 4.79 Å². The van der Waals surface area contributed by atoms with Gasteiger partial charge >= 0.3 is 0 Å². The van der Waals surface area contributed by atoms with Crippen molar-refractivity contribution in [1.82, 2.24) is 10.2 Å². The molecule has 0 aromatic carbocycles. The van der Waals surface area contributed by atoms with Gasteiger partial charge in [0.2, 0.25) is 5.91 Å². The number of carbonyl (C=O) groups excluding carboxylic acids is 1. The van der Waals surface area contributed by atoms with Gasteiger partial charge in [0.25, 0.3) is 0 Å². The molecular formula is C15H27ClN2O2. The molecule has 0 aromatic rings. The zero-order valence-electron chi connectivity index (χ0n) is 12.3. The van der Waals surface area contributed by atoms with E-state index in [2.05, 4.69) is 10.2 Å². The number of nitrogens with zero attached hydrogens (tertiary/aromatic N) is 1. The van der Waals surface area contributed by atoms with Crippen molar-refractivity contribution in [3.8, 4) is 0 Å². The first-order chi connectivity index (χ1) is 9.28. The van der Waals surface area contributed by atoms with Crippen molar-refractivity contribution in [3.05, 3.63) is 0 Å². The third-order valence-corrected chi connectivity index (χ3v) is 5.16. The van der Waals surface area contributed by atoms with Gasteiger partial charge in [0, 0.05) is 32.2 Å². The molecular weight excluding hydrogens is 276 g/mol. The first kappa shape index (κ1) is 16.1. The number of ether oxygens (including phenoxy) is 1. The largest absolute Gasteiger partial charge is 0.384 e. The maximum absolute atomic E-state index is 12.6. The Hall–Kier alpha value is -0.320. The standard InChI is InChI=1S/C15H26N2O2.ClH/c1-19-10-11-6-7-17(9-11)15(18)14-8-12-4-2-3-5-13(12)16-14;/h11-14,16H,2-10H2,1H3;1H. The van der Waals surface area contributed by atoms with E-state index in [0.717, 1.165) is 38.5 Å². The van der Waals surface area contributed by atoms with Crippen LogP contribution in [0.2, 0.25) is 0 Å². The van der Waals surface area contributed by atoms with Gasteiger partial charge in [-0.2, -0.15) is 0 Å². The van der Waals surface area contributed by atoms with Gasteiger partial charge in [-0.3, -0.25) is 4.79 Å². The summed E-state index contributed by atoms with van der Waals surface area (Å²) in [4.78, 5) is 14.6. The predicted molar refractivity (Wildman–Crippen MR) is 81.1 cm³/mol. The lowest BCUT2D eigenvalue weighted by atomic mass is 9.85. The summed E-state index contributed by atoms with van der Waals surface area (Å²) in [5.74, 6) is 1.63. The van der Waals surface area contributed by atoms with Crippen molar-refractivity contribution in [2.75, 3.05) is 26.8 Å². The highest BCUT2D eigenvalue weighted by Crippen LogP contribution is 2.34. The van der Waals surface area contributed by atoms with E-state index in [-0.39, 0.29) is 18.4 Å². The number of methoxy groups -OCH3 is 1. The number of fused-ring (bicyclic) bond motifs is 1. The van der Waals surface area contributed by atoms with Crippen molar-refractivity contribution in [2.45, 2.75) is 50.6 Å². The fourth-order valence-electron chi connectivity index (χ4n) is 4.14. The molecule has 0 bridgehead atoms. The van der Waals surface area contributed by atoms with E-state index in [1.54, 1.807) is 7.11 Å². The van der Waals surface area contributed by atoms with Crippen LogP contribution in [0.3, 0.4) is 0 Å². The van der Waals surface area contributed by atoms with E-state index in [1.165, 1.54) is 25.7 Å². The highest BCUT2D eigenvalue weighted by atomic mass is 35.5. The van der Waals surface area contributed by atoms with Gasteiger partial charge in [0.15, 0.2) is 0 Å². The summed E-state index contributed by atoms with van der Waals surface area (Å²) in [6, 6.07) is 0.703. The second kappa shape index (κ2) is 7.10. The highest BCUT2D eigenvalue weighted by molar-refractivity contribution is 5.85. The molecule has 4 unspecified atom stereocenters. The Labute approximate surface area is 128 Å². The van der Waals surface area contributed by atoms with Gasteiger partial charge in [0.05, 0.1) is 12.6 Å². The third kappa shape index (κ3) is 3.29. The molecule has 116 valence electrons. The van der Waals surface area contributed by atoms with E-state index in [1.807, 2.05) is 0 Å². The maximum atomic E-state index is 12.6. The average Bonchev–Trinajstić information content (AvgIpc) is 3.04. The molecule has 2 aliphatic heterocycles. The van der Waals surface area contributed by atoms with Crippen LogP contribution in [0, 0.1) is 11.8 Å². The molecule has 5 heteroatoms. The molecule has 0 radical (unpaired) electrons. The fraction of sp³-hybridized carbons (Fsp3) is 0.933. The Morgan fingerprint density at radius 3 is 2.85 bits per heavy atom. The van der Waals surface area contributed by atoms with Crippen LogP contribution in [0.4, 0.5) is 0 Å². The van der Waals surface area contributed by atoms with Crippen LogP contribution >= 0.6 is 12.4 Å². The van der Waals surface area contributed by atoms with Gasteiger partial charge in [0.1, 0.15) is 0 Å². The van der Waals surface area contributed by atoms with E-state index in [0.29, 0.717) is 17.9 Å². The number of rotatable bonds is 3. The smallest absolute Gasteiger partial charge is 0.239 e. The summed E-state index contributed by atoms with van der Waals surface area (Å²) in [6.45, 7) is 2.59. The zero-order valence-corrected chi connectivity index (χ0v) is 13.2. The predicted octanol–water partition coefficient (Wildman–Crippen LogP) is 1.82. The lowest BCUT2D eigenvalue weighted by Crippen LogP contribution is -2.44. The van der Waals surface area contributed by atoms with E-state index in [4.69, 9.17) is 4.74 Å². The molecule has 4 atom stereocenters. The summed E-state index contributed by atoms with van der Waals surface area (Å²) in [6.07, 6.45) is 7.42. The molecule has 3 fully saturated rings. The van der Waals surface area contributed by atoms with Crippen LogP contribution in [0.15, 0.2) is 0 Å². The molecule has 1 saturated carbocycles. The Morgan fingerprint density at radius 1 is 1.30 bits per heavy atom. The molecule has 1 aliphatic carbocycles. The Morgan fingerprint density at radius 2 is 2.10 bits per heavy atom. The van der Waals surface area contributed by atoms with Crippen LogP contribution in [-0.4, -0.2) is 49.7 Å². The highest BCUT2D eigenvalue weighted by Gasteiger charge is 2.40. The monoisotopic (exact) mass is 302 g/mol. The summed E-state index contributed by atoms with van der Waals surface area (Å²) in [7, 11) is 1.74. The lowest BCUT2D eigenvalue weighted by Gasteiger charge is -2.24. The molecule has 3 aliphatic rings. The second-order valence-corrected chi connectivity index (χ2v) is 6.50. The molecule has 2 saturated heterocycles. The Bertz CT molecular complexity index is 326. The van der Waals surface area contributed by atoms with Crippen LogP contribution in [-0.2, 0) is 9.53 Å². The van der Waals surface area contributed by atoms with Crippen LogP contribution in [0.1, 0.15) is 38.5 Å². The summed E-state index contributed by atoms with van der Waals surface area (Å²) >= 11 is 0. The van der Waals surface area contributed by atoms with Crippen LogP contribution in [0.5, 0.6) is 0 Å². The summed E-state index contributed by atoms with van der Waals surface area (Å²) in [5.41, 5.74) is 0. The maximum Gasteiger partial charge on any atom is 0.239 e. The molecule has 2 heterocycles. The number of amides is 1. The van der Waals surface area contributed by atoms with Crippen molar-refractivity contribution in [1.29, 1.82) is 0 Å². The van der Waals surface area contributed by atoms with Crippen molar-refractivity contribution >= 4 is 18.3 Å². The quantitative estimate of drug-likeness (QED) is 0.865. The number of hydrogen-bond donors (Lipinski definition) is 1. The lowest BCUT2D eigenvalue weighted by molar-refractivity contribution is -0.132. The molecule has 1 N–H and O–H groups in total. The summed E-state index contributed by atoms with van der Waals surface area (Å²) in [5, 5.41) is 3.59. The first-order valence-corrected chi connectivity index (χ1v) is 7.81. The minimum Gasteiger partial charge on any atom is -0.384 e. The molecule has 1 amide bonds. The first-order valence-electron chi connectivity index (χ1n) is 7.81. The zero-order chi connectivity index (χ0) is 13.2. The number of carbonyl (C=O) groups is 1. The van der Waals surface area contributed by atoms with E-state index >= 15 is 0 Å². The number of hydrogen-bond acceptors (Lipinski definition) is 3. The van der Waals surface area contributed by atoms with Gasteiger partial charge in [-0.1, -0.05) is 12.8 Å². The topological polar surface area (TPSA) is 41.6 Å². The average molecular weight is 303 g/mol. The molecule has 20 heavy (non-hydrogen) atoms. The van der Waals surface area contributed by atoms with Crippen molar-refractivity contribution in [2.24, 2.45) is 11.8 Å². The number of likely N-dealkylation sites (tertiary alicyclic amines) is 1. The minimum absolute atomic E-state index is 0. The minimum atomic E-state index is 0. The van der Waals surface area contributed by atoms with Gasteiger partial charge in [-0.15, -0.1) is 12.4 Å². The van der Waals surface area contributed by atoms with Gasteiger partial charge < -0.3 is 15.0 Å². The SMILES string of the molecule is COCC1CCN(C(=O)C2CC3CCCCC3N2)C1.Cl. The van der Waals surface area contributed by atoms with Crippen LogP contribution < -0.4 is 5.32 Å². The number of halogens is 1. The molecule has 4 nitrogen and oxygen atoms in total. The fourth-order valence-corrected chi connectivity index (χ4v) is 4.14. The normalized spacial score (nSPS) is 36.5. The molecule has 0 aromatic heterocycles. The summed E-state index contributed by atoms with van der Waals surface area (Å²) < 4.78 is 5.20. The Balaban J connectivity index is 0.00000147. The third-order valence-electron chi connectivity index (χ3n) is 5.16. The van der Waals surface area contributed by atoms with Gasteiger partial charge in [-0.05, 0) is 31.6 Å². The van der Waals surface area contributed by atoms with E-state index < -0.39 is 0 Å². The van der Waals surface area contributed by atoms with Crippen molar-refractivity contribution in [3.63, 3.8) is 0 Å². The molecule has 3 rings (SSSR count). The van der Waals surface area contributed by atoms with Gasteiger partial charge in [-0.25, -0.2) is 0 Å². The Kier molecular flexibility index (Phi) is 5.70. The molecule has 0 spiro atoms. The second-order valence-electron chi connectivity index (χ2n) is 6.50.